The van der Waals surface area contributed by atoms with E-state index >= 15 is 0 Å². The molecule has 4 heterocycles. The molecule has 3 aliphatic rings. The Kier molecular flexibility index (Phi) is 3.94. The van der Waals surface area contributed by atoms with E-state index in [0.717, 1.165) is 19.4 Å². The number of Topliss-reactive ketones (excluding diaryl/α,β-unsaturated/α-hetero) is 1. The number of rotatable bonds is 3. The van der Waals surface area contributed by atoms with Gasteiger partial charge in [-0.2, -0.15) is 0 Å². The lowest BCUT2D eigenvalue weighted by molar-refractivity contribution is -0.932. The Hall–Kier alpha value is -2.38. The molecule has 0 aliphatic carbocycles. The van der Waals surface area contributed by atoms with Gasteiger partial charge in [0.2, 0.25) is 0 Å². The number of ketones is 1. The Bertz CT molecular complexity index is 938. The number of benzene rings is 1. The number of hydrogen-bond donors (Lipinski definition) is 1. The van der Waals surface area contributed by atoms with E-state index in [-0.39, 0.29) is 0 Å². The van der Waals surface area contributed by atoms with E-state index in [0.29, 0.717) is 48.7 Å². The van der Waals surface area contributed by atoms with Crippen LogP contribution in [0.15, 0.2) is 23.6 Å². The van der Waals surface area contributed by atoms with Gasteiger partial charge in [0.1, 0.15) is 19.3 Å². The van der Waals surface area contributed by atoms with Gasteiger partial charge in [0.05, 0.1) is 17.8 Å². The number of nitrogens with one attached hydrogen (secondary N) is 1. The molecular weight excluding hydrogens is 364 g/mol. The van der Waals surface area contributed by atoms with E-state index < -0.39 is 11.7 Å². The molecule has 1 N–H and O–H groups in total. The minimum atomic E-state index is -0.456. The highest BCUT2D eigenvalue weighted by Gasteiger charge is 2.41. The fourth-order valence-electron chi connectivity index (χ4n) is 4.42. The molecule has 0 saturated carbocycles. The van der Waals surface area contributed by atoms with Crippen molar-refractivity contribution in [3.8, 4) is 11.5 Å². The minimum Gasteiger partial charge on any atom is -0.486 e. The first-order valence-electron chi connectivity index (χ1n) is 9.38. The zero-order chi connectivity index (χ0) is 18.5. The molecule has 2 atom stereocenters. The van der Waals surface area contributed by atoms with Crippen LogP contribution in [0.4, 0.5) is 5.69 Å². The third-order valence-corrected chi connectivity index (χ3v) is 6.72. The minimum absolute atomic E-state index is 0.351. The van der Waals surface area contributed by atoms with E-state index in [1.807, 2.05) is 11.3 Å². The molecule has 0 saturated heterocycles. The first kappa shape index (κ1) is 16.8. The second-order valence-corrected chi connectivity index (χ2v) is 8.15. The van der Waals surface area contributed by atoms with Gasteiger partial charge in [0, 0.05) is 29.3 Å². The summed E-state index contributed by atoms with van der Waals surface area (Å²) >= 11 is 1.82. The second kappa shape index (κ2) is 6.35. The van der Waals surface area contributed by atoms with Crippen LogP contribution < -0.4 is 19.3 Å². The number of anilines is 1. The third-order valence-electron chi connectivity index (χ3n) is 5.73. The number of carbonyl (C=O) groups is 2. The fourth-order valence-corrected chi connectivity index (χ4v) is 5.37. The van der Waals surface area contributed by atoms with Crippen molar-refractivity contribution in [2.75, 3.05) is 31.3 Å². The molecule has 27 heavy (non-hydrogen) atoms. The van der Waals surface area contributed by atoms with Crippen LogP contribution >= 0.6 is 11.3 Å². The highest BCUT2D eigenvalue weighted by molar-refractivity contribution is 7.10. The van der Waals surface area contributed by atoms with Gasteiger partial charge in [-0.25, -0.2) is 0 Å². The van der Waals surface area contributed by atoms with Crippen molar-refractivity contribution >= 4 is 28.7 Å². The SMILES string of the molecule is CC[C@H]1c2ccsc2CC[NH+]1CN1C(=O)C(=O)c2cc3c(cc21)OCCO3. The summed E-state index contributed by atoms with van der Waals surface area (Å²) in [5.74, 6) is 0.240. The van der Waals surface area contributed by atoms with E-state index in [2.05, 4.69) is 18.4 Å². The topological polar surface area (TPSA) is 60.3 Å². The molecule has 6 nitrogen and oxygen atoms in total. The maximum Gasteiger partial charge on any atom is 0.303 e. The normalized spacial score (nSPS) is 23.4. The number of nitrogens with zero attached hydrogens (tertiary/aromatic N) is 1. The Morgan fingerprint density at radius 2 is 2.00 bits per heavy atom. The zero-order valence-electron chi connectivity index (χ0n) is 15.1. The van der Waals surface area contributed by atoms with Gasteiger partial charge < -0.3 is 14.4 Å². The first-order valence-corrected chi connectivity index (χ1v) is 10.3. The van der Waals surface area contributed by atoms with Crippen LogP contribution in [0.1, 0.15) is 40.2 Å². The summed E-state index contributed by atoms with van der Waals surface area (Å²) in [6, 6.07) is 6.00. The summed E-state index contributed by atoms with van der Waals surface area (Å²) in [5, 5.41) is 2.15. The second-order valence-electron chi connectivity index (χ2n) is 7.15. The molecule has 0 fully saturated rings. The highest BCUT2D eigenvalue weighted by Crippen LogP contribution is 2.40. The van der Waals surface area contributed by atoms with Crippen molar-refractivity contribution in [3.63, 3.8) is 0 Å². The monoisotopic (exact) mass is 385 g/mol. The highest BCUT2D eigenvalue weighted by atomic mass is 32.1. The Labute approximate surface area is 161 Å². The van der Waals surface area contributed by atoms with Crippen LogP contribution in [-0.2, 0) is 11.2 Å². The van der Waals surface area contributed by atoms with Gasteiger partial charge >= 0.3 is 5.91 Å². The fraction of sp³-hybridized carbons (Fsp3) is 0.400. The maximum absolute atomic E-state index is 12.7. The summed E-state index contributed by atoms with van der Waals surface area (Å²) in [6.45, 7) is 4.57. The maximum atomic E-state index is 12.7. The van der Waals surface area contributed by atoms with Gasteiger partial charge in [0.25, 0.3) is 5.78 Å². The van der Waals surface area contributed by atoms with Gasteiger partial charge in [-0.05, 0) is 17.5 Å². The van der Waals surface area contributed by atoms with Crippen molar-refractivity contribution in [1.82, 2.24) is 0 Å². The molecule has 0 spiro atoms. The average Bonchev–Trinajstić information content (AvgIpc) is 3.25. The smallest absolute Gasteiger partial charge is 0.303 e. The lowest BCUT2D eigenvalue weighted by Crippen LogP contribution is -3.15. The number of carbonyl (C=O) groups excluding carboxylic acids is 2. The van der Waals surface area contributed by atoms with E-state index in [1.165, 1.54) is 15.3 Å². The molecule has 5 rings (SSSR count). The molecule has 2 aromatic rings. The number of quaternary nitrogens is 1. The lowest BCUT2D eigenvalue weighted by Gasteiger charge is -2.34. The predicted molar refractivity (Wildman–Crippen MR) is 101 cm³/mol. The van der Waals surface area contributed by atoms with Gasteiger partial charge in [0.15, 0.2) is 18.2 Å². The van der Waals surface area contributed by atoms with Crippen molar-refractivity contribution in [1.29, 1.82) is 0 Å². The molecule has 1 amide bonds. The Morgan fingerprint density at radius 1 is 1.22 bits per heavy atom. The van der Waals surface area contributed by atoms with Crippen molar-refractivity contribution in [3.05, 3.63) is 39.6 Å². The van der Waals surface area contributed by atoms with E-state index in [4.69, 9.17) is 9.47 Å². The molecule has 0 radical (unpaired) electrons. The molecule has 1 unspecified atom stereocenters. The van der Waals surface area contributed by atoms with Crippen LogP contribution in [0.2, 0.25) is 0 Å². The van der Waals surface area contributed by atoms with Crippen molar-refractivity contribution in [2.24, 2.45) is 0 Å². The molecule has 1 aromatic heterocycles. The van der Waals surface area contributed by atoms with Crippen LogP contribution in [0.3, 0.4) is 0 Å². The van der Waals surface area contributed by atoms with Crippen LogP contribution in [0.5, 0.6) is 11.5 Å². The van der Waals surface area contributed by atoms with Gasteiger partial charge in [-0.3, -0.25) is 14.5 Å². The average molecular weight is 385 g/mol. The van der Waals surface area contributed by atoms with Crippen molar-refractivity contribution in [2.45, 2.75) is 25.8 Å². The summed E-state index contributed by atoms with van der Waals surface area (Å²) in [5.41, 5.74) is 2.46. The Morgan fingerprint density at radius 3 is 2.78 bits per heavy atom. The molecule has 7 heteroatoms. The van der Waals surface area contributed by atoms with Gasteiger partial charge in [-0.15, -0.1) is 11.3 Å². The number of fused-ring (bicyclic) bond motifs is 3. The largest absolute Gasteiger partial charge is 0.486 e. The summed E-state index contributed by atoms with van der Waals surface area (Å²) < 4.78 is 11.2. The lowest BCUT2D eigenvalue weighted by atomic mass is 9.98. The van der Waals surface area contributed by atoms with Crippen molar-refractivity contribution < 1.29 is 24.0 Å². The first-order chi connectivity index (χ1) is 13.2. The molecular formula is C20H21N2O4S+. The van der Waals surface area contributed by atoms with Crippen LogP contribution in [0.25, 0.3) is 0 Å². The quantitative estimate of drug-likeness (QED) is 0.816. The molecule has 1 aromatic carbocycles. The number of hydrogen-bond acceptors (Lipinski definition) is 5. The summed E-state index contributed by atoms with van der Waals surface area (Å²) in [6.07, 6.45) is 2.02. The summed E-state index contributed by atoms with van der Waals surface area (Å²) in [7, 11) is 0. The van der Waals surface area contributed by atoms with Crippen LogP contribution in [-0.4, -0.2) is 38.1 Å². The zero-order valence-corrected chi connectivity index (χ0v) is 15.9. The summed E-state index contributed by atoms with van der Waals surface area (Å²) in [4.78, 5) is 29.7. The Balaban J connectivity index is 1.48. The number of thiophene rings is 1. The van der Waals surface area contributed by atoms with Crippen LogP contribution in [0, 0.1) is 0 Å². The molecule has 0 bridgehead atoms. The number of ether oxygens (including phenoxy) is 2. The van der Waals surface area contributed by atoms with E-state index in [1.54, 1.807) is 17.0 Å². The van der Waals surface area contributed by atoms with E-state index in [9.17, 15) is 9.59 Å². The van der Waals surface area contributed by atoms with Gasteiger partial charge in [-0.1, -0.05) is 6.92 Å². The standard InChI is InChI=1S/C20H20N2O4S/c1-2-14-12-4-8-27-18(12)3-5-21(14)11-22-15-10-17-16(25-6-7-26-17)9-13(15)19(23)20(22)24/h4,8-10,14H,2-3,5-7,11H2,1H3/p+1/t14-/m0/s1. The molecule has 3 aliphatic heterocycles. The molecule has 140 valence electrons. The number of amides is 1. The predicted octanol–water partition coefficient (Wildman–Crippen LogP) is 1.60. The third kappa shape index (κ3) is 2.56.